The van der Waals surface area contributed by atoms with E-state index in [1.807, 2.05) is 0 Å². The molecular weight excluding hydrogens is 180 g/mol. The first-order valence-electron chi connectivity index (χ1n) is 3.80. The second kappa shape index (κ2) is 3.93. The summed E-state index contributed by atoms with van der Waals surface area (Å²) >= 11 is 1.32. The van der Waals surface area contributed by atoms with Gasteiger partial charge in [-0.05, 0) is 13.2 Å². The molecule has 1 heterocycles. The van der Waals surface area contributed by atoms with Crippen LogP contribution in [-0.4, -0.2) is 51.4 Å². The molecule has 0 aliphatic carbocycles. The molecule has 1 aliphatic rings. The van der Waals surface area contributed by atoms with Crippen LogP contribution in [0.15, 0.2) is 0 Å². The number of ether oxygens (including phenoxy) is 1. The van der Waals surface area contributed by atoms with Crippen molar-refractivity contribution in [1.82, 2.24) is 0 Å². The zero-order valence-corrected chi connectivity index (χ0v) is 7.86. The van der Waals surface area contributed by atoms with Crippen LogP contribution >= 0.6 is 11.8 Å². The predicted octanol–water partition coefficient (Wildman–Crippen LogP) is -0.823. The van der Waals surface area contributed by atoms with Gasteiger partial charge in [0, 0.05) is 0 Å². The molecule has 3 N–H and O–H groups in total. The van der Waals surface area contributed by atoms with Crippen LogP contribution in [0.2, 0.25) is 0 Å². The highest BCUT2D eigenvalue weighted by atomic mass is 32.2. The Bertz CT molecular complexity index is 150. The summed E-state index contributed by atoms with van der Waals surface area (Å²) in [5.74, 6) is 0. The third kappa shape index (κ3) is 1.75. The van der Waals surface area contributed by atoms with Gasteiger partial charge in [0.25, 0.3) is 0 Å². The second-order valence-corrected chi connectivity index (χ2v) is 3.85. The maximum absolute atomic E-state index is 9.37. The van der Waals surface area contributed by atoms with Crippen LogP contribution in [0.1, 0.15) is 6.92 Å². The summed E-state index contributed by atoms with van der Waals surface area (Å²) in [5.41, 5.74) is -0.446. The SMILES string of the molecule is CS[C@H]1O[C@@H](C)[C@H](O)[C@@H](O)[C@@H]1O. The van der Waals surface area contributed by atoms with Crippen LogP contribution in [0.25, 0.3) is 0 Å². The largest absolute Gasteiger partial charge is 0.388 e. The van der Waals surface area contributed by atoms with Gasteiger partial charge in [-0.15, -0.1) is 11.8 Å². The summed E-state index contributed by atoms with van der Waals surface area (Å²) in [4.78, 5) is 0. The molecule has 1 saturated heterocycles. The van der Waals surface area contributed by atoms with Crippen LogP contribution in [-0.2, 0) is 4.74 Å². The molecule has 4 nitrogen and oxygen atoms in total. The van der Waals surface area contributed by atoms with E-state index in [0.29, 0.717) is 0 Å². The van der Waals surface area contributed by atoms with Crippen LogP contribution < -0.4 is 0 Å². The summed E-state index contributed by atoms with van der Waals surface area (Å²) in [6.45, 7) is 1.67. The van der Waals surface area contributed by atoms with Gasteiger partial charge in [-0.25, -0.2) is 0 Å². The van der Waals surface area contributed by atoms with E-state index in [2.05, 4.69) is 0 Å². The number of thioether (sulfide) groups is 1. The van der Waals surface area contributed by atoms with Crippen LogP contribution in [0.4, 0.5) is 0 Å². The van der Waals surface area contributed by atoms with Crippen molar-refractivity contribution in [2.45, 2.75) is 36.8 Å². The fourth-order valence-corrected chi connectivity index (χ4v) is 1.93. The van der Waals surface area contributed by atoms with Gasteiger partial charge in [-0.2, -0.15) is 0 Å². The molecule has 0 bridgehead atoms. The van der Waals surface area contributed by atoms with Crippen molar-refractivity contribution in [2.75, 3.05) is 6.26 Å². The summed E-state index contributed by atoms with van der Waals surface area (Å²) < 4.78 is 5.23. The highest BCUT2D eigenvalue weighted by molar-refractivity contribution is 7.99. The lowest BCUT2D eigenvalue weighted by Crippen LogP contribution is -2.55. The maximum Gasteiger partial charge on any atom is 0.132 e. The van der Waals surface area contributed by atoms with E-state index < -0.39 is 29.9 Å². The van der Waals surface area contributed by atoms with Gasteiger partial charge in [-0.3, -0.25) is 0 Å². The van der Waals surface area contributed by atoms with Gasteiger partial charge >= 0.3 is 0 Å². The lowest BCUT2D eigenvalue weighted by molar-refractivity contribution is -0.192. The number of aliphatic hydroxyl groups excluding tert-OH is 3. The Morgan fingerprint density at radius 3 is 2.17 bits per heavy atom. The summed E-state index contributed by atoms with van der Waals surface area (Å²) in [5, 5.41) is 28.0. The van der Waals surface area contributed by atoms with Crippen molar-refractivity contribution in [1.29, 1.82) is 0 Å². The van der Waals surface area contributed by atoms with Gasteiger partial charge < -0.3 is 20.1 Å². The van der Waals surface area contributed by atoms with E-state index in [1.54, 1.807) is 13.2 Å². The fraction of sp³-hybridized carbons (Fsp3) is 1.00. The Labute approximate surface area is 75.5 Å². The molecule has 0 aromatic heterocycles. The Morgan fingerprint density at radius 2 is 1.67 bits per heavy atom. The van der Waals surface area contributed by atoms with E-state index in [1.165, 1.54) is 11.8 Å². The smallest absolute Gasteiger partial charge is 0.132 e. The number of rotatable bonds is 1. The van der Waals surface area contributed by atoms with Gasteiger partial charge in [0.05, 0.1) is 6.10 Å². The molecule has 0 radical (unpaired) electrons. The topological polar surface area (TPSA) is 69.9 Å². The molecule has 0 unspecified atom stereocenters. The molecule has 12 heavy (non-hydrogen) atoms. The molecule has 5 heteroatoms. The minimum Gasteiger partial charge on any atom is -0.388 e. The number of aliphatic hydroxyl groups is 3. The average molecular weight is 194 g/mol. The van der Waals surface area contributed by atoms with Gasteiger partial charge in [0.15, 0.2) is 0 Å². The lowest BCUT2D eigenvalue weighted by Gasteiger charge is -2.38. The first-order valence-corrected chi connectivity index (χ1v) is 5.09. The summed E-state index contributed by atoms with van der Waals surface area (Å²) in [6.07, 6.45) is -1.76. The Kier molecular flexibility index (Phi) is 3.37. The van der Waals surface area contributed by atoms with Gasteiger partial charge in [0.2, 0.25) is 0 Å². The highest BCUT2D eigenvalue weighted by Crippen LogP contribution is 2.26. The van der Waals surface area contributed by atoms with E-state index in [4.69, 9.17) is 4.74 Å². The first-order chi connectivity index (χ1) is 5.57. The molecule has 0 aromatic carbocycles. The van der Waals surface area contributed by atoms with Crippen molar-refractivity contribution in [3.8, 4) is 0 Å². The number of hydrogen-bond donors (Lipinski definition) is 3. The van der Waals surface area contributed by atoms with E-state index in [0.717, 1.165) is 0 Å². The number of hydrogen-bond acceptors (Lipinski definition) is 5. The van der Waals surface area contributed by atoms with Crippen LogP contribution in [0.3, 0.4) is 0 Å². The molecule has 0 spiro atoms. The van der Waals surface area contributed by atoms with Gasteiger partial charge in [-0.1, -0.05) is 0 Å². The van der Waals surface area contributed by atoms with E-state index in [9.17, 15) is 15.3 Å². The normalized spacial score (nSPS) is 49.2. The summed E-state index contributed by atoms with van der Waals surface area (Å²) in [7, 11) is 0. The third-order valence-corrected chi connectivity index (χ3v) is 2.90. The van der Waals surface area contributed by atoms with Crippen molar-refractivity contribution >= 4 is 11.8 Å². The lowest BCUT2D eigenvalue weighted by atomic mass is 10.0. The molecule has 1 fully saturated rings. The Hall–Kier alpha value is 0.190. The predicted molar refractivity (Wildman–Crippen MR) is 45.9 cm³/mol. The molecule has 1 aliphatic heterocycles. The molecule has 5 atom stereocenters. The minimum absolute atomic E-state index is 0.430. The van der Waals surface area contributed by atoms with Crippen molar-refractivity contribution in [2.24, 2.45) is 0 Å². The monoisotopic (exact) mass is 194 g/mol. The standard InChI is InChI=1S/C7H14O4S/c1-3-4(8)5(9)6(10)7(11-3)12-2/h3-10H,1-2H3/t3-,4-,5+,6-,7+/m0/s1. The summed E-state index contributed by atoms with van der Waals surface area (Å²) in [6, 6.07) is 0. The van der Waals surface area contributed by atoms with Gasteiger partial charge in [0.1, 0.15) is 23.7 Å². The molecule has 0 saturated carbocycles. The fourth-order valence-electron chi connectivity index (χ4n) is 1.21. The van der Waals surface area contributed by atoms with Crippen molar-refractivity contribution < 1.29 is 20.1 Å². The second-order valence-electron chi connectivity index (χ2n) is 2.92. The van der Waals surface area contributed by atoms with Crippen LogP contribution in [0.5, 0.6) is 0 Å². The molecular formula is C7H14O4S. The highest BCUT2D eigenvalue weighted by Gasteiger charge is 2.41. The first kappa shape index (κ1) is 10.3. The zero-order valence-electron chi connectivity index (χ0n) is 7.04. The third-order valence-electron chi connectivity index (χ3n) is 2.04. The van der Waals surface area contributed by atoms with E-state index >= 15 is 0 Å². The minimum atomic E-state index is -1.11. The van der Waals surface area contributed by atoms with Crippen molar-refractivity contribution in [3.05, 3.63) is 0 Å². The Balaban J connectivity index is 2.63. The van der Waals surface area contributed by atoms with Crippen molar-refractivity contribution in [3.63, 3.8) is 0 Å². The average Bonchev–Trinajstić information content (AvgIpc) is 2.08. The molecule has 0 aromatic rings. The zero-order chi connectivity index (χ0) is 9.30. The molecule has 1 rings (SSSR count). The van der Waals surface area contributed by atoms with E-state index in [-0.39, 0.29) is 0 Å². The Morgan fingerprint density at radius 1 is 1.08 bits per heavy atom. The molecule has 72 valence electrons. The quantitative estimate of drug-likeness (QED) is 0.508. The molecule has 0 amide bonds. The van der Waals surface area contributed by atoms with Crippen LogP contribution in [0, 0.1) is 0 Å². The maximum atomic E-state index is 9.37.